The number of nitrogens with one attached hydrogen (secondary N) is 3. The van der Waals surface area contributed by atoms with Crippen molar-refractivity contribution in [3.8, 4) is 5.75 Å². The molecular weight excluding hydrogens is 341 g/mol. The van der Waals surface area contributed by atoms with E-state index in [4.69, 9.17) is 4.74 Å². The summed E-state index contributed by atoms with van der Waals surface area (Å²) in [7, 11) is 1.57. The Bertz CT molecular complexity index is 635. The number of halogens is 2. The van der Waals surface area contributed by atoms with Gasteiger partial charge in [-0.3, -0.25) is 10.9 Å². The summed E-state index contributed by atoms with van der Waals surface area (Å²) in [6.45, 7) is 0. The van der Waals surface area contributed by atoms with E-state index in [0.29, 0.717) is 21.6 Å². The Labute approximate surface area is 129 Å². The summed E-state index contributed by atoms with van der Waals surface area (Å²) in [6.07, 6.45) is 0. The molecule has 3 N–H and O–H groups in total. The van der Waals surface area contributed by atoms with Gasteiger partial charge in [0.15, 0.2) is 0 Å². The highest BCUT2D eigenvalue weighted by molar-refractivity contribution is 9.10. The summed E-state index contributed by atoms with van der Waals surface area (Å²) in [4.78, 5) is 11.7. The molecule has 0 spiro atoms. The van der Waals surface area contributed by atoms with E-state index in [0.717, 1.165) is 0 Å². The van der Waals surface area contributed by atoms with Crippen LogP contribution in [0.2, 0.25) is 0 Å². The van der Waals surface area contributed by atoms with Crippen molar-refractivity contribution in [2.75, 3.05) is 17.9 Å². The van der Waals surface area contributed by atoms with Gasteiger partial charge in [0, 0.05) is 10.2 Å². The lowest BCUT2D eigenvalue weighted by Gasteiger charge is -2.11. The number of hydrogen-bond donors (Lipinski definition) is 3. The lowest BCUT2D eigenvalue weighted by Crippen LogP contribution is -2.33. The molecule has 21 heavy (non-hydrogen) atoms. The van der Waals surface area contributed by atoms with Gasteiger partial charge in [0.05, 0.1) is 12.8 Å². The number of hydrazine groups is 1. The third kappa shape index (κ3) is 4.35. The average molecular weight is 354 g/mol. The highest BCUT2D eigenvalue weighted by Crippen LogP contribution is 2.22. The number of ether oxygens (including phenoxy) is 1. The Morgan fingerprint density at radius 3 is 2.52 bits per heavy atom. The van der Waals surface area contributed by atoms with Crippen molar-refractivity contribution in [1.82, 2.24) is 5.43 Å². The molecule has 2 amide bonds. The fourth-order valence-electron chi connectivity index (χ4n) is 1.55. The van der Waals surface area contributed by atoms with Crippen LogP contribution in [-0.2, 0) is 0 Å². The molecule has 5 nitrogen and oxygen atoms in total. The van der Waals surface area contributed by atoms with Gasteiger partial charge in [-0.05, 0) is 58.4 Å². The molecule has 0 aliphatic rings. The molecule has 2 aromatic carbocycles. The van der Waals surface area contributed by atoms with Crippen molar-refractivity contribution in [2.45, 2.75) is 0 Å². The van der Waals surface area contributed by atoms with Crippen LogP contribution in [0.3, 0.4) is 0 Å². The van der Waals surface area contributed by atoms with E-state index in [2.05, 4.69) is 32.1 Å². The number of amides is 2. The van der Waals surface area contributed by atoms with E-state index in [1.54, 1.807) is 31.4 Å². The summed E-state index contributed by atoms with van der Waals surface area (Å²) in [6, 6.07) is 10.5. The molecule has 7 heteroatoms. The zero-order valence-corrected chi connectivity index (χ0v) is 12.7. The van der Waals surface area contributed by atoms with Crippen LogP contribution in [0, 0.1) is 5.82 Å². The summed E-state index contributed by atoms with van der Waals surface area (Å²) in [5.74, 6) is 0.337. The minimum Gasteiger partial charge on any atom is -0.497 e. The normalized spacial score (nSPS) is 9.86. The molecule has 0 heterocycles. The summed E-state index contributed by atoms with van der Waals surface area (Å²) in [5, 5.41) is 2.64. The van der Waals surface area contributed by atoms with Crippen LogP contribution < -0.4 is 20.9 Å². The van der Waals surface area contributed by atoms with Crippen LogP contribution in [0.5, 0.6) is 5.75 Å². The largest absolute Gasteiger partial charge is 0.497 e. The molecule has 0 aromatic heterocycles. The molecule has 0 aliphatic heterocycles. The quantitative estimate of drug-likeness (QED) is 0.733. The fraction of sp³-hybridized carbons (Fsp3) is 0.0714. The second kappa shape index (κ2) is 6.94. The van der Waals surface area contributed by atoms with Crippen LogP contribution in [-0.4, -0.2) is 13.1 Å². The highest BCUT2D eigenvalue weighted by Gasteiger charge is 2.04. The number of methoxy groups -OCH3 is 1. The SMILES string of the molecule is COc1ccc(NC(=O)NNc2ccc(F)cc2Br)cc1. The second-order valence-corrected chi connectivity index (χ2v) is 4.91. The van der Waals surface area contributed by atoms with Crippen LogP contribution in [0.1, 0.15) is 0 Å². The predicted octanol–water partition coefficient (Wildman–Crippen LogP) is 3.75. The molecule has 0 radical (unpaired) electrons. The van der Waals surface area contributed by atoms with Crippen molar-refractivity contribution in [3.05, 3.63) is 52.8 Å². The zero-order chi connectivity index (χ0) is 15.2. The van der Waals surface area contributed by atoms with E-state index in [9.17, 15) is 9.18 Å². The molecule has 2 rings (SSSR count). The van der Waals surface area contributed by atoms with Gasteiger partial charge < -0.3 is 10.1 Å². The number of urea groups is 1. The molecule has 0 atom stereocenters. The van der Waals surface area contributed by atoms with Gasteiger partial charge in [0.2, 0.25) is 0 Å². The van der Waals surface area contributed by atoms with Crippen LogP contribution in [0.25, 0.3) is 0 Å². The number of anilines is 2. The number of rotatable bonds is 4. The van der Waals surface area contributed by atoms with Crippen molar-refractivity contribution < 1.29 is 13.9 Å². The molecule has 0 fully saturated rings. The Kier molecular flexibility index (Phi) is 4.99. The number of carbonyl (C=O) groups excluding carboxylic acids is 1. The van der Waals surface area contributed by atoms with Gasteiger partial charge in [0.25, 0.3) is 0 Å². The summed E-state index contributed by atoms with van der Waals surface area (Å²) < 4.78 is 18.5. The maximum atomic E-state index is 12.9. The Balaban J connectivity index is 1.89. The van der Waals surface area contributed by atoms with Gasteiger partial charge in [-0.25, -0.2) is 9.18 Å². The topological polar surface area (TPSA) is 62.4 Å². The van der Waals surface area contributed by atoms with E-state index in [1.165, 1.54) is 18.2 Å². The number of carbonyl (C=O) groups is 1. The molecule has 0 unspecified atom stereocenters. The highest BCUT2D eigenvalue weighted by atomic mass is 79.9. The summed E-state index contributed by atoms with van der Waals surface area (Å²) in [5.41, 5.74) is 6.30. The maximum absolute atomic E-state index is 12.9. The zero-order valence-electron chi connectivity index (χ0n) is 11.1. The number of benzene rings is 2. The minimum atomic E-state index is -0.448. The molecular formula is C14H13BrFN3O2. The van der Waals surface area contributed by atoms with Crippen molar-refractivity contribution in [3.63, 3.8) is 0 Å². The van der Waals surface area contributed by atoms with Gasteiger partial charge in [-0.15, -0.1) is 0 Å². The lowest BCUT2D eigenvalue weighted by molar-refractivity contribution is 0.254. The first kappa shape index (κ1) is 15.1. The van der Waals surface area contributed by atoms with Crippen LogP contribution in [0.15, 0.2) is 46.9 Å². The first-order valence-electron chi connectivity index (χ1n) is 6.00. The van der Waals surface area contributed by atoms with Crippen LogP contribution >= 0.6 is 15.9 Å². The van der Waals surface area contributed by atoms with E-state index >= 15 is 0 Å². The Morgan fingerprint density at radius 1 is 1.19 bits per heavy atom. The first-order valence-corrected chi connectivity index (χ1v) is 6.80. The molecule has 0 aliphatic carbocycles. The van der Waals surface area contributed by atoms with Crippen molar-refractivity contribution >= 4 is 33.3 Å². The minimum absolute atomic E-state index is 0.366. The van der Waals surface area contributed by atoms with Gasteiger partial charge in [0.1, 0.15) is 11.6 Å². The molecule has 0 saturated carbocycles. The van der Waals surface area contributed by atoms with Gasteiger partial charge in [-0.2, -0.15) is 0 Å². The third-order valence-electron chi connectivity index (χ3n) is 2.59. The third-order valence-corrected chi connectivity index (χ3v) is 3.25. The first-order chi connectivity index (χ1) is 10.1. The maximum Gasteiger partial charge on any atom is 0.337 e. The van der Waals surface area contributed by atoms with E-state index < -0.39 is 6.03 Å². The molecule has 2 aromatic rings. The second-order valence-electron chi connectivity index (χ2n) is 4.06. The Hall–Kier alpha value is -2.28. The van der Waals surface area contributed by atoms with Crippen molar-refractivity contribution in [2.24, 2.45) is 0 Å². The van der Waals surface area contributed by atoms with Crippen LogP contribution in [0.4, 0.5) is 20.6 Å². The Morgan fingerprint density at radius 2 is 1.90 bits per heavy atom. The standard InChI is InChI=1S/C14H13BrFN3O2/c1-21-11-5-3-10(4-6-11)17-14(20)19-18-13-7-2-9(16)8-12(13)15/h2-8,18H,1H3,(H2,17,19,20). The predicted molar refractivity (Wildman–Crippen MR) is 82.9 cm³/mol. The number of hydrogen-bond acceptors (Lipinski definition) is 3. The molecule has 0 bridgehead atoms. The molecule has 0 saturated heterocycles. The van der Waals surface area contributed by atoms with Gasteiger partial charge >= 0.3 is 6.03 Å². The van der Waals surface area contributed by atoms with Gasteiger partial charge in [-0.1, -0.05) is 0 Å². The summed E-state index contributed by atoms with van der Waals surface area (Å²) >= 11 is 3.19. The lowest BCUT2D eigenvalue weighted by atomic mass is 10.3. The monoisotopic (exact) mass is 353 g/mol. The van der Waals surface area contributed by atoms with Crippen molar-refractivity contribution in [1.29, 1.82) is 0 Å². The molecule has 110 valence electrons. The fourth-order valence-corrected chi connectivity index (χ4v) is 2.00. The average Bonchev–Trinajstić information content (AvgIpc) is 2.47. The van der Waals surface area contributed by atoms with E-state index in [-0.39, 0.29) is 5.82 Å². The smallest absolute Gasteiger partial charge is 0.337 e. The van der Waals surface area contributed by atoms with E-state index in [1.807, 2.05) is 0 Å².